The number of ketones is 1. The molecule has 0 heterocycles. The van der Waals surface area contributed by atoms with Crippen molar-refractivity contribution in [3.63, 3.8) is 0 Å². The first kappa shape index (κ1) is 27.6. The molecule has 0 radical (unpaired) electrons. The summed E-state index contributed by atoms with van der Waals surface area (Å²) in [6.45, 7) is 4.61. The molecule has 1 atom stereocenters. The third-order valence-electron chi connectivity index (χ3n) is 5.48. The van der Waals surface area contributed by atoms with Crippen LogP contribution in [0.5, 0.6) is 0 Å². The van der Waals surface area contributed by atoms with Crippen molar-refractivity contribution in [2.75, 3.05) is 6.54 Å². The molecule has 1 amide bonds. The number of aliphatic carboxylic acids is 1. The number of carboxylic acids is 1. The molecule has 29 heavy (non-hydrogen) atoms. The number of hydrogen-bond acceptors (Lipinski definition) is 3. The molecule has 5 nitrogen and oxygen atoms in total. The molecule has 0 fully saturated rings. The average molecular weight is 412 g/mol. The van der Waals surface area contributed by atoms with Crippen molar-refractivity contribution in [3.05, 3.63) is 0 Å². The predicted molar refractivity (Wildman–Crippen MR) is 119 cm³/mol. The molecule has 0 aromatic carbocycles. The number of carbonyl (C=O) groups is 3. The monoisotopic (exact) mass is 411 g/mol. The van der Waals surface area contributed by atoms with Gasteiger partial charge in [0.25, 0.3) is 0 Å². The minimum absolute atomic E-state index is 0.0105. The van der Waals surface area contributed by atoms with Crippen molar-refractivity contribution in [3.8, 4) is 0 Å². The first-order valence-electron chi connectivity index (χ1n) is 12.0. The van der Waals surface area contributed by atoms with Gasteiger partial charge in [0.05, 0.1) is 5.92 Å². The van der Waals surface area contributed by atoms with Crippen LogP contribution in [0.3, 0.4) is 0 Å². The molecular weight excluding hydrogens is 366 g/mol. The van der Waals surface area contributed by atoms with E-state index in [1.165, 1.54) is 64.2 Å². The molecule has 0 rings (SSSR count). The third-order valence-corrected chi connectivity index (χ3v) is 5.48. The van der Waals surface area contributed by atoms with E-state index in [4.69, 9.17) is 0 Å². The van der Waals surface area contributed by atoms with Gasteiger partial charge in [-0.25, -0.2) is 0 Å². The van der Waals surface area contributed by atoms with Crippen LogP contribution in [0.1, 0.15) is 123 Å². The van der Waals surface area contributed by atoms with Crippen molar-refractivity contribution in [1.29, 1.82) is 0 Å². The van der Waals surface area contributed by atoms with Crippen LogP contribution >= 0.6 is 0 Å². The Morgan fingerprint density at radius 2 is 1.21 bits per heavy atom. The van der Waals surface area contributed by atoms with E-state index >= 15 is 0 Å². The van der Waals surface area contributed by atoms with Crippen molar-refractivity contribution >= 4 is 17.7 Å². The summed E-state index contributed by atoms with van der Waals surface area (Å²) in [7, 11) is 0. The van der Waals surface area contributed by atoms with E-state index in [0.717, 1.165) is 19.3 Å². The topological polar surface area (TPSA) is 83.5 Å². The molecule has 0 spiro atoms. The van der Waals surface area contributed by atoms with Crippen molar-refractivity contribution < 1.29 is 19.5 Å². The summed E-state index contributed by atoms with van der Waals surface area (Å²) in [5.74, 6) is -1.86. The molecule has 2 N–H and O–H groups in total. The molecule has 0 aliphatic carbocycles. The predicted octanol–water partition coefficient (Wildman–Crippen LogP) is 6.04. The summed E-state index contributed by atoms with van der Waals surface area (Å²) in [5.41, 5.74) is 0. The summed E-state index contributed by atoms with van der Waals surface area (Å²) >= 11 is 0. The Labute approximate surface area is 178 Å². The van der Waals surface area contributed by atoms with E-state index in [1.807, 2.05) is 6.92 Å². The molecule has 0 aromatic rings. The van der Waals surface area contributed by atoms with Crippen LogP contribution in [0.2, 0.25) is 0 Å². The largest absolute Gasteiger partial charge is 0.481 e. The number of carbonyl (C=O) groups excluding carboxylic acids is 2. The fourth-order valence-electron chi connectivity index (χ4n) is 3.62. The van der Waals surface area contributed by atoms with Crippen molar-refractivity contribution in [2.24, 2.45) is 5.92 Å². The Kier molecular flexibility index (Phi) is 19.0. The number of carboxylic acid groups (broad SMARTS) is 1. The molecule has 170 valence electrons. The minimum Gasteiger partial charge on any atom is -0.481 e. The summed E-state index contributed by atoms with van der Waals surface area (Å²) < 4.78 is 0. The van der Waals surface area contributed by atoms with Crippen LogP contribution in [0.4, 0.5) is 0 Å². The Bertz CT molecular complexity index is 437. The Hall–Kier alpha value is -1.39. The second kappa shape index (κ2) is 19.9. The van der Waals surface area contributed by atoms with Gasteiger partial charge in [-0.3, -0.25) is 14.4 Å². The number of nitrogens with one attached hydrogen (secondary N) is 1. The maximum atomic E-state index is 12.1. The van der Waals surface area contributed by atoms with E-state index in [1.54, 1.807) is 0 Å². The number of hydrogen-bond donors (Lipinski definition) is 2. The van der Waals surface area contributed by atoms with E-state index in [-0.39, 0.29) is 31.0 Å². The van der Waals surface area contributed by atoms with Crippen LogP contribution in [0.15, 0.2) is 0 Å². The molecule has 5 heteroatoms. The lowest BCUT2D eigenvalue weighted by Gasteiger charge is -2.11. The van der Waals surface area contributed by atoms with Gasteiger partial charge >= 0.3 is 5.97 Å². The summed E-state index contributed by atoms with van der Waals surface area (Å²) in [6.07, 6.45) is 17.3. The van der Waals surface area contributed by atoms with Gasteiger partial charge in [-0.1, -0.05) is 84.0 Å². The maximum absolute atomic E-state index is 12.1. The van der Waals surface area contributed by atoms with Gasteiger partial charge in [0.2, 0.25) is 5.91 Å². The van der Waals surface area contributed by atoms with Gasteiger partial charge in [-0.05, 0) is 19.8 Å². The number of rotatable bonds is 21. The molecule has 0 saturated carbocycles. The molecule has 0 unspecified atom stereocenters. The van der Waals surface area contributed by atoms with E-state index < -0.39 is 11.9 Å². The van der Waals surface area contributed by atoms with E-state index in [9.17, 15) is 19.5 Å². The number of amides is 1. The summed E-state index contributed by atoms with van der Waals surface area (Å²) in [4.78, 5) is 34.9. The SMILES string of the molecule is CCCCCCCCCCCCCCCC(=O)C[C@@H](CCC(=O)NCC)C(=O)O. The van der Waals surface area contributed by atoms with Gasteiger partial charge in [0.15, 0.2) is 0 Å². The fraction of sp³-hybridized carbons (Fsp3) is 0.875. The highest BCUT2D eigenvalue weighted by Crippen LogP contribution is 2.16. The van der Waals surface area contributed by atoms with Crippen LogP contribution < -0.4 is 5.32 Å². The second-order valence-electron chi connectivity index (χ2n) is 8.26. The molecule has 0 aromatic heterocycles. The lowest BCUT2D eigenvalue weighted by Crippen LogP contribution is -2.25. The smallest absolute Gasteiger partial charge is 0.306 e. The first-order valence-corrected chi connectivity index (χ1v) is 12.0. The van der Waals surface area contributed by atoms with Gasteiger partial charge in [0.1, 0.15) is 5.78 Å². The number of unbranched alkanes of at least 4 members (excludes halogenated alkanes) is 12. The zero-order chi connectivity index (χ0) is 21.7. The van der Waals surface area contributed by atoms with Gasteiger partial charge in [0, 0.05) is 25.8 Å². The molecular formula is C24H45NO4. The maximum Gasteiger partial charge on any atom is 0.306 e. The van der Waals surface area contributed by atoms with Crippen LogP contribution in [0.25, 0.3) is 0 Å². The first-order chi connectivity index (χ1) is 14.0. The van der Waals surface area contributed by atoms with Crippen molar-refractivity contribution in [2.45, 2.75) is 123 Å². The highest BCUT2D eigenvalue weighted by atomic mass is 16.4. The Morgan fingerprint density at radius 1 is 0.724 bits per heavy atom. The molecule has 0 bridgehead atoms. The highest BCUT2D eigenvalue weighted by Gasteiger charge is 2.21. The van der Waals surface area contributed by atoms with E-state index in [0.29, 0.717) is 13.0 Å². The van der Waals surface area contributed by atoms with Gasteiger partial charge in [-0.15, -0.1) is 0 Å². The molecule has 0 aliphatic heterocycles. The minimum atomic E-state index is -0.979. The Balaban J connectivity index is 3.62. The summed E-state index contributed by atoms with van der Waals surface area (Å²) in [5, 5.41) is 11.9. The van der Waals surface area contributed by atoms with Gasteiger partial charge in [-0.2, -0.15) is 0 Å². The Morgan fingerprint density at radius 3 is 1.66 bits per heavy atom. The van der Waals surface area contributed by atoms with Crippen molar-refractivity contribution in [1.82, 2.24) is 5.32 Å². The summed E-state index contributed by atoms with van der Waals surface area (Å²) in [6, 6.07) is 0. The highest BCUT2D eigenvalue weighted by molar-refractivity contribution is 5.84. The van der Waals surface area contributed by atoms with Crippen LogP contribution in [-0.4, -0.2) is 29.3 Å². The lowest BCUT2D eigenvalue weighted by atomic mass is 9.94. The average Bonchev–Trinajstić information content (AvgIpc) is 2.68. The van der Waals surface area contributed by atoms with Gasteiger partial charge < -0.3 is 10.4 Å². The quantitative estimate of drug-likeness (QED) is 0.225. The third kappa shape index (κ3) is 18.4. The van der Waals surface area contributed by atoms with E-state index in [2.05, 4.69) is 12.2 Å². The molecule has 0 saturated heterocycles. The van der Waals surface area contributed by atoms with Crippen LogP contribution in [-0.2, 0) is 14.4 Å². The zero-order valence-corrected chi connectivity index (χ0v) is 19.0. The zero-order valence-electron chi connectivity index (χ0n) is 19.0. The second-order valence-corrected chi connectivity index (χ2v) is 8.26. The lowest BCUT2D eigenvalue weighted by molar-refractivity contribution is -0.144. The van der Waals surface area contributed by atoms with Crippen LogP contribution in [0, 0.1) is 5.92 Å². The number of Topliss-reactive ketones (excluding diaryl/α,β-unsaturated/α-hetero) is 1. The normalized spacial score (nSPS) is 11.9. The fourth-order valence-corrected chi connectivity index (χ4v) is 3.62. The standard InChI is InChI=1S/C24H45NO4/c1-3-5-6-7-8-9-10-11-12-13-14-15-16-17-22(26)20-21(24(28)29)18-19-23(27)25-4-2/h21H,3-20H2,1-2H3,(H,25,27)(H,28,29)/t21-/m1/s1. The molecule has 0 aliphatic rings.